The lowest BCUT2D eigenvalue weighted by Gasteiger charge is -2.15. The molecule has 124 valence electrons. The zero-order valence-corrected chi connectivity index (χ0v) is 25.2. The van der Waals surface area contributed by atoms with Gasteiger partial charge in [0.1, 0.15) is 0 Å². The topological polar surface area (TPSA) is 0 Å². The summed E-state index contributed by atoms with van der Waals surface area (Å²) in [5.41, 5.74) is 2.43. The normalized spacial score (nSPS) is 11.2. The van der Waals surface area contributed by atoms with Crippen molar-refractivity contribution in [3.63, 3.8) is 0 Å². The predicted octanol–water partition coefficient (Wildman–Crippen LogP) is 10.3. The van der Waals surface area contributed by atoms with Gasteiger partial charge in [-0.3, -0.25) is 0 Å². The molecule has 0 bridgehead atoms. The summed E-state index contributed by atoms with van der Waals surface area (Å²) in [6.45, 7) is 0. The van der Waals surface area contributed by atoms with Crippen LogP contribution < -0.4 is 0 Å². The van der Waals surface area contributed by atoms with Crippen LogP contribution in [-0.2, 0) is 12.8 Å². The van der Waals surface area contributed by atoms with Crippen LogP contribution in [0.1, 0.15) is 11.1 Å². The van der Waals surface area contributed by atoms with Gasteiger partial charge in [-0.1, -0.05) is 0 Å². The molecule has 0 nitrogen and oxygen atoms in total. The number of aryl methyl sites for hydroxylation is 1. The van der Waals surface area contributed by atoms with Gasteiger partial charge in [0.25, 0.3) is 0 Å². The second-order valence-electron chi connectivity index (χ2n) is 4.51. The molecule has 0 spiro atoms. The van der Waals surface area contributed by atoms with Crippen LogP contribution in [0, 0.1) is 0 Å². The molecule has 0 heterocycles. The second kappa shape index (κ2) is 9.30. The van der Waals surface area contributed by atoms with Gasteiger partial charge in [-0.2, -0.15) is 0 Å². The van der Waals surface area contributed by atoms with Gasteiger partial charge >= 0.3 is 0 Å². The molecule has 2 aromatic rings. The van der Waals surface area contributed by atoms with Gasteiger partial charge in [-0.05, 0) is 173 Å². The van der Waals surface area contributed by atoms with Crippen LogP contribution in [-0.4, -0.2) is 0 Å². The predicted molar refractivity (Wildman–Crippen MR) is 130 cm³/mol. The summed E-state index contributed by atoms with van der Waals surface area (Å²) in [5.74, 6) is 0. The number of rotatable bonds is 3. The molecule has 23 heavy (non-hydrogen) atoms. The Kier molecular flexibility index (Phi) is 8.92. The molecule has 9 heteroatoms. The van der Waals surface area contributed by atoms with E-state index in [9.17, 15) is 0 Å². The third-order valence-electron chi connectivity index (χ3n) is 3.12. The van der Waals surface area contributed by atoms with Gasteiger partial charge in [0.05, 0.1) is 0 Å². The first-order valence-corrected chi connectivity index (χ1v) is 13.1. The van der Waals surface area contributed by atoms with Crippen LogP contribution in [0.2, 0.25) is 0 Å². The third kappa shape index (κ3) is 4.79. The summed E-state index contributed by atoms with van der Waals surface area (Å²) in [5, 5.41) is 0. The van der Waals surface area contributed by atoms with E-state index < -0.39 is 0 Å². The Morgan fingerprint density at radius 1 is 0.478 bits per heavy atom. The fourth-order valence-electron chi connectivity index (χ4n) is 1.93. The molecule has 0 aliphatic rings. The lowest BCUT2D eigenvalue weighted by atomic mass is 10.0. The first-order chi connectivity index (χ1) is 10.7. The Labute approximate surface area is 210 Å². The van der Waals surface area contributed by atoms with Crippen molar-refractivity contribution in [2.24, 2.45) is 0 Å². The Balaban J connectivity index is 2.40. The fourth-order valence-corrected chi connectivity index (χ4v) is 7.76. The molecular formula is C14H5Br9. The molecule has 0 unspecified atom stereocenters. The monoisotopic (exact) mass is 883 g/mol. The minimum atomic E-state index is 0.880. The zero-order chi connectivity index (χ0) is 17.5. The molecule has 0 saturated carbocycles. The van der Waals surface area contributed by atoms with Crippen molar-refractivity contribution in [1.29, 1.82) is 0 Å². The molecule has 0 fully saturated rings. The van der Waals surface area contributed by atoms with Gasteiger partial charge in [0.15, 0.2) is 0 Å². The largest absolute Gasteiger partial charge is 0.0496 e. The van der Waals surface area contributed by atoms with Crippen molar-refractivity contribution in [2.45, 2.75) is 12.8 Å². The van der Waals surface area contributed by atoms with E-state index in [-0.39, 0.29) is 0 Å². The maximum atomic E-state index is 3.68. The minimum Gasteiger partial charge on any atom is -0.0496 e. The van der Waals surface area contributed by atoms with Gasteiger partial charge in [-0.25, -0.2) is 0 Å². The number of hydrogen-bond donors (Lipinski definition) is 0. The average molecular weight is 892 g/mol. The van der Waals surface area contributed by atoms with Gasteiger partial charge < -0.3 is 0 Å². The van der Waals surface area contributed by atoms with Crippen molar-refractivity contribution in [2.75, 3.05) is 0 Å². The third-order valence-corrected chi connectivity index (χ3v) is 14.1. The summed E-state index contributed by atoms with van der Waals surface area (Å²) < 4.78 is 9.18. The van der Waals surface area contributed by atoms with E-state index in [0.717, 1.165) is 53.1 Å². The lowest BCUT2D eigenvalue weighted by molar-refractivity contribution is 0.936. The van der Waals surface area contributed by atoms with Crippen molar-refractivity contribution in [3.05, 3.63) is 57.4 Å². The molecule has 0 radical (unpaired) electrons. The average Bonchev–Trinajstić information content (AvgIpc) is 2.53. The molecule has 2 rings (SSSR count). The maximum Gasteiger partial charge on any atom is 0.0482 e. The number of hydrogen-bond acceptors (Lipinski definition) is 0. The van der Waals surface area contributed by atoms with E-state index in [2.05, 4.69) is 149 Å². The lowest BCUT2D eigenvalue weighted by Crippen LogP contribution is -1.98. The van der Waals surface area contributed by atoms with Gasteiger partial charge in [-0.15, -0.1) is 0 Å². The summed E-state index contributed by atoms with van der Waals surface area (Å²) in [6, 6.07) is 2.13. The van der Waals surface area contributed by atoms with E-state index in [1.165, 1.54) is 11.1 Å². The van der Waals surface area contributed by atoms with E-state index in [1.54, 1.807) is 0 Å². The van der Waals surface area contributed by atoms with Crippen LogP contribution in [0.25, 0.3) is 0 Å². The van der Waals surface area contributed by atoms with Crippen molar-refractivity contribution in [3.8, 4) is 0 Å². The molecule has 0 amide bonds. The van der Waals surface area contributed by atoms with Crippen LogP contribution in [0.5, 0.6) is 0 Å². The second-order valence-corrected chi connectivity index (χ2v) is 11.7. The Morgan fingerprint density at radius 3 is 1.43 bits per heavy atom. The molecule has 0 N–H and O–H groups in total. The highest BCUT2D eigenvalue weighted by Gasteiger charge is 2.18. The zero-order valence-electron chi connectivity index (χ0n) is 10.9. The highest BCUT2D eigenvalue weighted by atomic mass is 79.9. The van der Waals surface area contributed by atoms with Gasteiger partial charge in [0.2, 0.25) is 0 Å². The summed E-state index contributed by atoms with van der Waals surface area (Å²) in [4.78, 5) is 0. The molecule has 0 saturated heterocycles. The van der Waals surface area contributed by atoms with E-state index in [1.807, 2.05) is 0 Å². The SMILES string of the molecule is Brc1cc(CCc2c(Br)c(Br)c(Br)c(Br)c2Br)c(Br)c(Br)c1Br. The van der Waals surface area contributed by atoms with E-state index >= 15 is 0 Å². The molecular weight excluding hydrogens is 887 g/mol. The van der Waals surface area contributed by atoms with Crippen molar-refractivity contribution < 1.29 is 0 Å². The molecule has 2 aromatic carbocycles. The number of halogens is 9. The summed E-state index contributed by atoms with van der Waals surface area (Å²) >= 11 is 32.6. The van der Waals surface area contributed by atoms with Crippen molar-refractivity contribution in [1.82, 2.24) is 0 Å². The summed E-state index contributed by atoms with van der Waals surface area (Å²) in [6.07, 6.45) is 1.77. The Bertz CT molecular complexity index is 754. The first kappa shape index (κ1) is 22.1. The van der Waals surface area contributed by atoms with E-state index in [4.69, 9.17) is 0 Å². The fraction of sp³-hybridized carbons (Fsp3) is 0.143. The maximum absolute atomic E-state index is 3.68. The number of benzene rings is 2. The van der Waals surface area contributed by atoms with Crippen molar-refractivity contribution >= 4 is 143 Å². The Morgan fingerprint density at radius 2 is 0.913 bits per heavy atom. The Hall–Kier alpha value is 2.76. The highest BCUT2D eigenvalue weighted by molar-refractivity contribution is 9.16. The first-order valence-electron chi connectivity index (χ1n) is 5.99. The standard InChI is InChI=1S/C14H5Br9/c15-6-3-4(7(16)11(20)10(6)19)1-2-5-8(17)12(21)14(23)13(22)9(5)18/h3H,1-2H2. The van der Waals surface area contributed by atoms with Crippen LogP contribution in [0.3, 0.4) is 0 Å². The van der Waals surface area contributed by atoms with Crippen LogP contribution >= 0.6 is 143 Å². The van der Waals surface area contributed by atoms with Gasteiger partial charge in [0, 0.05) is 40.3 Å². The van der Waals surface area contributed by atoms with Crippen LogP contribution in [0.4, 0.5) is 0 Å². The highest BCUT2D eigenvalue weighted by Crippen LogP contribution is 2.45. The molecule has 0 aliphatic carbocycles. The summed E-state index contributed by atoms with van der Waals surface area (Å²) in [7, 11) is 0. The van der Waals surface area contributed by atoms with E-state index in [0.29, 0.717) is 0 Å². The quantitative estimate of drug-likeness (QED) is 0.213. The molecule has 0 aliphatic heterocycles. The smallest absolute Gasteiger partial charge is 0.0482 e. The van der Waals surface area contributed by atoms with Crippen LogP contribution in [0.15, 0.2) is 46.3 Å². The molecule has 0 aromatic heterocycles. The molecule has 0 atom stereocenters. The minimum absolute atomic E-state index is 0.880.